The lowest BCUT2D eigenvalue weighted by molar-refractivity contribution is 0.0523. The molecular weight excluding hydrogens is 378 g/mol. The average molecular weight is 412 g/mol. The number of carbonyl (C=O) groups excluding carboxylic acids is 2. The monoisotopic (exact) mass is 411 g/mol. The molecule has 2 N–H and O–H groups in total. The van der Waals surface area contributed by atoms with E-state index in [2.05, 4.69) is 41.5 Å². The minimum atomic E-state index is -0.529. The Bertz CT molecular complexity index is 842. The zero-order chi connectivity index (χ0) is 22.1. The summed E-state index contributed by atoms with van der Waals surface area (Å²) < 4.78 is 5.22. The molecule has 2 rings (SSSR count). The molecule has 0 saturated heterocycles. The van der Waals surface area contributed by atoms with E-state index in [1.54, 1.807) is 12.1 Å². The van der Waals surface area contributed by atoms with E-state index in [9.17, 15) is 9.59 Å². The Labute approximate surface area is 179 Å². The van der Waals surface area contributed by atoms with Crippen LogP contribution in [0.15, 0.2) is 48.5 Å². The number of carbonyl (C=O) groups is 2. The number of hydrogen-bond acceptors (Lipinski definition) is 4. The number of aryl methyl sites for hydroxylation is 1. The third-order valence-corrected chi connectivity index (χ3v) is 4.56. The number of amides is 2. The molecular formula is C24H33N3O3. The van der Waals surface area contributed by atoms with Crippen molar-refractivity contribution in [3.8, 4) is 0 Å². The van der Waals surface area contributed by atoms with Gasteiger partial charge in [0.2, 0.25) is 0 Å². The lowest BCUT2D eigenvalue weighted by atomic mass is 10.1. The van der Waals surface area contributed by atoms with Crippen LogP contribution >= 0.6 is 0 Å². The molecule has 0 aliphatic carbocycles. The highest BCUT2D eigenvalue weighted by Gasteiger charge is 2.15. The number of hydrogen-bond donors (Lipinski definition) is 2. The van der Waals surface area contributed by atoms with Crippen LogP contribution in [0.5, 0.6) is 0 Å². The van der Waals surface area contributed by atoms with Crippen LogP contribution in [0, 0.1) is 6.92 Å². The summed E-state index contributed by atoms with van der Waals surface area (Å²) in [4.78, 5) is 26.4. The van der Waals surface area contributed by atoms with Gasteiger partial charge in [0.1, 0.15) is 5.60 Å². The van der Waals surface area contributed by atoms with Crippen molar-refractivity contribution in [2.45, 2.75) is 46.8 Å². The summed E-state index contributed by atoms with van der Waals surface area (Å²) in [6, 6.07) is 15.4. The first-order valence-corrected chi connectivity index (χ1v) is 10.3. The second-order valence-electron chi connectivity index (χ2n) is 8.17. The standard InChI is InChI=1S/C24H33N3O3/c1-6-27(21-10-8-7-9-18(21)2)16-15-25-22(28)20-13-11-19(12-14-20)17-26-23(29)30-24(3,4)5/h7-14H,6,15-17H2,1-5H3,(H,25,28)(H,26,29). The molecule has 2 aromatic rings. The smallest absolute Gasteiger partial charge is 0.407 e. The number of benzene rings is 2. The van der Waals surface area contributed by atoms with Gasteiger partial charge in [-0.25, -0.2) is 4.79 Å². The first-order valence-electron chi connectivity index (χ1n) is 10.3. The van der Waals surface area contributed by atoms with Gasteiger partial charge in [0.05, 0.1) is 0 Å². The van der Waals surface area contributed by atoms with Crippen molar-refractivity contribution < 1.29 is 14.3 Å². The first-order chi connectivity index (χ1) is 14.2. The number of alkyl carbamates (subject to hydrolysis) is 1. The summed E-state index contributed by atoms with van der Waals surface area (Å²) in [7, 11) is 0. The molecule has 6 nitrogen and oxygen atoms in total. The Morgan fingerprint density at radius 1 is 1.00 bits per heavy atom. The van der Waals surface area contributed by atoms with Gasteiger partial charge in [0.15, 0.2) is 0 Å². The van der Waals surface area contributed by atoms with E-state index in [0.29, 0.717) is 18.7 Å². The zero-order valence-corrected chi connectivity index (χ0v) is 18.6. The van der Waals surface area contributed by atoms with Crippen molar-refractivity contribution in [2.24, 2.45) is 0 Å². The van der Waals surface area contributed by atoms with Crippen LogP contribution in [0.2, 0.25) is 0 Å². The molecule has 0 aromatic heterocycles. The lowest BCUT2D eigenvalue weighted by Gasteiger charge is -2.25. The van der Waals surface area contributed by atoms with Gasteiger partial charge in [-0.2, -0.15) is 0 Å². The van der Waals surface area contributed by atoms with Crippen molar-refractivity contribution in [2.75, 3.05) is 24.5 Å². The summed E-state index contributed by atoms with van der Waals surface area (Å²) in [6.07, 6.45) is -0.460. The molecule has 0 bridgehead atoms. The van der Waals surface area contributed by atoms with Crippen LogP contribution in [0.3, 0.4) is 0 Å². The predicted octanol–water partition coefficient (Wildman–Crippen LogP) is 4.28. The maximum atomic E-state index is 12.4. The molecule has 0 radical (unpaired) electrons. The fourth-order valence-electron chi connectivity index (χ4n) is 3.04. The van der Waals surface area contributed by atoms with E-state index in [1.165, 1.54) is 11.3 Å². The normalized spacial score (nSPS) is 11.0. The van der Waals surface area contributed by atoms with Gasteiger partial charge < -0.3 is 20.3 Å². The van der Waals surface area contributed by atoms with E-state index >= 15 is 0 Å². The fourth-order valence-corrected chi connectivity index (χ4v) is 3.04. The summed E-state index contributed by atoms with van der Waals surface area (Å²) in [5.74, 6) is -0.109. The molecule has 0 spiro atoms. The van der Waals surface area contributed by atoms with Crippen molar-refractivity contribution in [3.05, 3.63) is 65.2 Å². The number of anilines is 1. The van der Waals surface area contributed by atoms with Crippen LogP contribution in [-0.4, -0.2) is 37.2 Å². The zero-order valence-electron chi connectivity index (χ0n) is 18.6. The lowest BCUT2D eigenvalue weighted by Crippen LogP contribution is -2.35. The summed E-state index contributed by atoms with van der Waals surface area (Å²) >= 11 is 0. The van der Waals surface area contributed by atoms with Crippen molar-refractivity contribution in [1.82, 2.24) is 10.6 Å². The number of nitrogens with one attached hydrogen (secondary N) is 2. The molecule has 0 unspecified atom stereocenters. The number of likely N-dealkylation sites (N-methyl/N-ethyl adjacent to an activating group) is 1. The van der Waals surface area contributed by atoms with E-state index in [4.69, 9.17) is 4.74 Å². The molecule has 0 aliphatic heterocycles. The van der Waals surface area contributed by atoms with Crippen LogP contribution < -0.4 is 15.5 Å². The van der Waals surface area contributed by atoms with Gasteiger partial charge in [0, 0.05) is 37.4 Å². The van der Waals surface area contributed by atoms with Crippen molar-refractivity contribution in [1.29, 1.82) is 0 Å². The number of ether oxygens (including phenoxy) is 1. The Balaban J connectivity index is 1.82. The van der Waals surface area contributed by atoms with Crippen LogP contribution in [-0.2, 0) is 11.3 Å². The minimum Gasteiger partial charge on any atom is -0.444 e. The van der Waals surface area contributed by atoms with E-state index in [-0.39, 0.29) is 5.91 Å². The molecule has 30 heavy (non-hydrogen) atoms. The third kappa shape index (κ3) is 7.43. The topological polar surface area (TPSA) is 70.7 Å². The van der Waals surface area contributed by atoms with Gasteiger partial charge in [0.25, 0.3) is 5.91 Å². The van der Waals surface area contributed by atoms with E-state index < -0.39 is 11.7 Å². The number of nitrogens with zero attached hydrogens (tertiary/aromatic N) is 1. The van der Waals surface area contributed by atoms with Crippen molar-refractivity contribution in [3.63, 3.8) is 0 Å². The van der Waals surface area contributed by atoms with Crippen molar-refractivity contribution >= 4 is 17.7 Å². The number of para-hydroxylation sites is 1. The van der Waals surface area contributed by atoms with Crippen LogP contribution in [0.1, 0.15) is 49.2 Å². The highest BCUT2D eigenvalue weighted by atomic mass is 16.6. The van der Waals surface area contributed by atoms with Crippen LogP contribution in [0.25, 0.3) is 0 Å². The van der Waals surface area contributed by atoms with Gasteiger partial charge in [-0.15, -0.1) is 0 Å². The van der Waals surface area contributed by atoms with Gasteiger partial charge in [-0.3, -0.25) is 4.79 Å². The van der Waals surface area contributed by atoms with Gasteiger partial charge in [-0.05, 0) is 63.9 Å². The maximum absolute atomic E-state index is 12.4. The molecule has 162 valence electrons. The molecule has 6 heteroatoms. The molecule has 0 atom stereocenters. The fraction of sp³-hybridized carbons (Fsp3) is 0.417. The summed E-state index contributed by atoms with van der Waals surface area (Å²) in [5.41, 5.74) is 3.37. The van der Waals surface area contributed by atoms with Gasteiger partial charge in [-0.1, -0.05) is 30.3 Å². The van der Waals surface area contributed by atoms with Gasteiger partial charge >= 0.3 is 6.09 Å². The molecule has 0 saturated carbocycles. The Morgan fingerprint density at radius 3 is 2.27 bits per heavy atom. The Hall–Kier alpha value is -3.02. The summed E-state index contributed by atoms with van der Waals surface area (Å²) in [6.45, 7) is 12.2. The van der Waals surface area contributed by atoms with Crippen LogP contribution in [0.4, 0.5) is 10.5 Å². The molecule has 0 fully saturated rings. The maximum Gasteiger partial charge on any atom is 0.407 e. The molecule has 2 amide bonds. The average Bonchev–Trinajstić information content (AvgIpc) is 2.69. The second-order valence-corrected chi connectivity index (χ2v) is 8.17. The summed E-state index contributed by atoms with van der Waals surface area (Å²) in [5, 5.41) is 5.69. The minimum absolute atomic E-state index is 0.109. The highest BCUT2D eigenvalue weighted by molar-refractivity contribution is 5.94. The quantitative estimate of drug-likeness (QED) is 0.680. The Kier molecular flexibility index (Phi) is 8.27. The predicted molar refractivity (Wildman–Crippen MR) is 121 cm³/mol. The highest BCUT2D eigenvalue weighted by Crippen LogP contribution is 2.18. The SMILES string of the molecule is CCN(CCNC(=O)c1ccc(CNC(=O)OC(C)(C)C)cc1)c1ccccc1C. The molecule has 2 aromatic carbocycles. The first kappa shape index (κ1) is 23.3. The molecule has 0 aliphatic rings. The molecule has 0 heterocycles. The van der Waals surface area contributed by atoms with E-state index in [1.807, 2.05) is 45.0 Å². The number of rotatable bonds is 8. The third-order valence-electron chi connectivity index (χ3n) is 4.56. The Morgan fingerprint density at radius 2 is 1.67 bits per heavy atom. The van der Waals surface area contributed by atoms with E-state index in [0.717, 1.165) is 18.7 Å². The largest absolute Gasteiger partial charge is 0.444 e. The second kappa shape index (κ2) is 10.7.